The molecule has 0 bridgehead atoms. The minimum Gasteiger partial charge on any atom is -0.207 e. The summed E-state index contributed by atoms with van der Waals surface area (Å²) in [6.07, 6.45) is 26.7. The first-order valence-corrected chi connectivity index (χ1v) is 12.9. The molecule has 2 aliphatic carbocycles. The normalized spacial score (nSPS) is 21.2. The standard InChI is InChI=1S/C28H45F/c1-2-3-4-7-18-27(19-8-5-9-20-27)21-12-13-24-28(22-10-6-11-23-28)25-14-16-26(29)17-15-25/h14-17H,2-13,18-24H2,1H3. The molecule has 3 rings (SSSR count). The lowest BCUT2D eigenvalue weighted by Gasteiger charge is -2.40. The lowest BCUT2D eigenvalue weighted by Crippen LogP contribution is -2.29. The summed E-state index contributed by atoms with van der Waals surface area (Å²) in [7, 11) is 0. The van der Waals surface area contributed by atoms with Crippen LogP contribution in [0.5, 0.6) is 0 Å². The summed E-state index contributed by atoms with van der Waals surface area (Å²) in [5, 5.41) is 0. The van der Waals surface area contributed by atoms with Gasteiger partial charge in [0.15, 0.2) is 0 Å². The van der Waals surface area contributed by atoms with Crippen LogP contribution in [0.25, 0.3) is 0 Å². The molecule has 164 valence electrons. The van der Waals surface area contributed by atoms with Crippen LogP contribution in [0.2, 0.25) is 0 Å². The quantitative estimate of drug-likeness (QED) is 0.324. The van der Waals surface area contributed by atoms with Crippen LogP contribution in [0, 0.1) is 11.2 Å². The zero-order valence-corrected chi connectivity index (χ0v) is 19.1. The van der Waals surface area contributed by atoms with Crippen LogP contribution in [0.3, 0.4) is 0 Å². The minimum absolute atomic E-state index is 0.0953. The first-order valence-electron chi connectivity index (χ1n) is 12.9. The van der Waals surface area contributed by atoms with Gasteiger partial charge in [-0.25, -0.2) is 4.39 Å². The predicted octanol–water partition coefficient (Wildman–Crippen LogP) is 9.51. The fourth-order valence-corrected chi connectivity index (χ4v) is 6.53. The SMILES string of the molecule is CCCCCCC1(CCCCC2(c3ccc(F)cc3)CCCCC2)CCCCC1. The number of hydrogen-bond donors (Lipinski definition) is 0. The number of benzene rings is 1. The molecule has 1 aromatic rings. The van der Waals surface area contributed by atoms with Crippen molar-refractivity contribution < 1.29 is 4.39 Å². The van der Waals surface area contributed by atoms with Crippen molar-refractivity contribution in [2.75, 3.05) is 0 Å². The van der Waals surface area contributed by atoms with E-state index in [4.69, 9.17) is 0 Å². The molecule has 29 heavy (non-hydrogen) atoms. The van der Waals surface area contributed by atoms with Crippen molar-refractivity contribution in [1.82, 2.24) is 0 Å². The molecule has 1 aromatic carbocycles. The molecule has 0 N–H and O–H groups in total. The highest BCUT2D eigenvalue weighted by Gasteiger charge is 2.34. The zero-order valence-electron chi connectivity index (χ0n) is 19.1. The van der Waals surface area contributed by atoms with Crippen molar-refractivity contribution in [3.05, 3.63) is 35.6 Å². The van der Waals surface area contributed by atoms with Gasteiger partial charge in [-0.05, 0) is 73.5 Å². The van der Waals surface area contributed by atoms with Crippen molar-refractivity contribution >= 4 is 0 Å². The zero-order chi connectivity index (χ0) is 20.4. The van der Waals surface area contributed by atoms with Gasteiger partial charge in [-0.15, -0.1) is 0 Å². The van der Waals surface area contributed by atoms with E-state index in [1.54, 1.807) is 12.1 Å². The van der Waals surface area contributed by atoms with Gasteiger partial charge in [0.05, 0.1) is 0 Å². The van der Waals surface area contributed by atoms with Crippen LogP contribution in [0.1, 0.15) is 134 Å². The Morgan fingerprint density at radius 3 is 1.83 bits per heavy atom. The van der Waals surface area contributed by atoms with Gasteiger partial charge < -0.3 is 0 Å². The van der Waals surface area contributed by atoms with Gasteiger partial charge in [0, 0.05) is 0 Å². The molecule has 0 aliphatic heterocycles. The maximum absolute atomic E-state index is 13.5. The van der Waals surface area contributed by atoms with Crippen LogP contribution in [-0.4, -0.2) is 0 Å². The van der Waals surface area contributed by atoms with E-state index in [0.29, 0.717) is 10.8 Å². The summed E-state index contributed by atoms with van der Waals surface area (Å²) in [6, 6.07) is 7.52. The molecule has 0 radical (unpaired) electrons. The molecule has 2 aliphatic rings. The third-order valence-electron chi connectivity index (χ3n) is 8.35. The van der Waals surface area contributed by atoms with Gasteiger partial charge >= 0.3 is 0 Å². The summed E-state index contributed by atoms with van der Waals surface area (Å²) in [5.74, 6) is -0.0953. The van der Waals surface area contributed by atoms with E-state index >= 15 is 0 Å². The van der Waals surface area contributed by atoms with Gasteiger partial charge in [-0.2, -0.15) is 0 Å². The van der Waals surface area contributed by atoms with E-state index < -0.39 is 0 Å². The van der Waals surface area contributed by atoms with Crippen molar-refractivity contribution in [3.8, 4) is 0 Å². The van der Waals surface area contributed by atoms with Crippen LogP contribution in [0.4, 0.5) is 4.39 Å². The van der Waals surface area contributed by atoms with E-state index in [9.17, 15) is 4.39 Å². The lowest BCUT2D eigenvalue weighted by molar-refractivity contribution is 0.144. The smallest absolute Gasteiger partial charge is 0.123 e. The Morgan fingerprint density at radius 2 is 1.21 bits per heavy atom. The monoisotopic (exact) mass is 400 g/mol. The first-order chi connectivity index (χ1) is 14.2. The van der Waals surface area contributed by atoms with E-state index in [-0.39, 0.29) is 5.82 Å². The third kappa shape index (κ3) is 6.56. The molecule has 0 heterocycles. The molecule has 0 atom stereocenters. The Hall–Kier alpha value is -0.850. The topological polar surface area (TPSA) is 0 Å². The number of halogens is 1. The second-order valence-corrected chi connectivity index (χ2v) is 10.4. The van der Waals surface area contributed by atoms with Gasteiger partial charge in [-0.1, -0.05) is 96.1 Å². The summed E-state index contributed by atoms with van der Waals surface area (Å²) in [4.78, 5) is 0. The first kappa shape index (κ1) is 22.8. The molecule has 0 aromatic heterocycles. The van der Waals surface area contributed by atoms with Gasteiger partial charge in [0.25, 0.3) is 0 Å². The van der Waals surface area contributed by atoms with Crippen molar-refractivity contribution in [2.45, 2.75) is 134 Å². The fraction of sp³-hybridized carbons (Fsp3) is 0.786. The van der Waals surface area contributed by atoms with E-state index in [2.05, 4.69) is 19.1 Å². The molecule has 0 unspecified atom stereocenters. The molecule has 0 spiro atoms. The largest absolute Gasteiger partial charge is 0.207 e. The second-order valence-electron chi connectivity index (χ2n) is 10.4. The summed E-state index contributed by atoms with van der Waals surface area (Å²) in [6.45, 7) is 2.32. The molecular weight excluding hydrogens is 355 g/mol. The van der Waals surface area contributed by atoms with Crippen molar-refractivity contribution in [3.63, 3.8) is 0 Å². The highest BCUT2D eigenvalue weighted by Crippen LogP contribution is 2.47. The highest BCUT2D eigenvalue weighted by atomic mass is 19.1. The lowest BCUT2D eigenvalue weighted by atomic mass is 9.65. The number of rotatable bonds is 11. The molecule has 1 heteroatoms. The van der Waals surface area contributed by atoms with Crippen molar-refractivity contribution in [2.24, 2.45) is 5.41 Å². The molecule has 0 nitrogen and oxygen atoms in total. The number of unbranched alkanes of at least 4 members (excludes halogenated alkanes) is 4. The van der Waals surface area contributed by atoms with Gasteiger partial charge in [0.2, 0.25) is 0 Å². The van der Waals surface area contributed by atoms with Gasteiger partial charge in [0.1, 0.15) is 5.82 Å². The Labute approximate surface area is 180 Å². The minimum atomic E-state index is -0.0953. The maximum atomic E-state index is 13.5. The molecular formula is C28H45F. The fourth-order valence-electron chi connectivity index (χ4n) is 6.53. The predicted molar refractivity (Wildman–Crippen MR) is 124 cm³/mol. The van der Waals surface area contributed by atoms with E-state index in [1.165, 1.54) is 128 Å². The molecule has 2 saturated carbocycles. The van der Waals surface area contributed by atoms with Crippen LogP contribution in [-0.2, 0) is 5.41 Å². The van der Waals surface area contributed by atoms with E-state index in [1.807, 2.05) is 0 Å². The number of hydrogen-bond acceptors (Lipinski definition) is 0. The van der Waals surface area contributed by atoms with E-state index in [0.717, 1.165) is 0 Å². The Bertz CT molecular complexity index is 560. The Morgan fingerprint density at radius 1 is 0.655 bits per heavy atom. The maximum Gasteiger partial charge on any atom is 0.123 e. The van der Waals surface area contributed by atoms with Gasteiger partial charge in [-0.3, -0.25) is 0 Å². The Balaban J connectivity index is 1.54. The Kier molecular flexibility index (Phi) is 9.07. The molecule has 2 fully saturated rings. The van der Waals surface area contributed by atoms with Crippen LogP contribution >= 0.6 is 0 Å². The van der Waals surface area contributed by atoms with Crippen LogP contribution in [0.15, 0.2) is 24.3 Å². The highest BCUT2D eigenvalue weighted by molar-refractivity contribution is 5.26. The average molecular weight is 401 g/mol. The summed E-state index contributed by atoms with van der Waals surface area (Å²) < 4.78 is 13.5. The summed E-state index contributed by atoms with van der Waals surface area (Å²) >= 11 is 0. The molecule has 0 amide bonds. The average Bonchev–Trinajstić information content (AvgIpc) is 2.76. The third-order valence-corrected chi connectivity index (χ3v) is 8.35. The summed E-state index contributed by atoms with van der Waals surface area (Å²) in [5.41, 5.74) is 2.40. The second kappa shape index (κ2) is 11.5. The van der Waals surface area contributed by atoms with Crippen LogP contribution < -0.4 is 0 Å². The molecule has 0 saturated heterocycles. The van der Waals surface area contributed by atoms with Crippen molar-refractivity contribution in [1.29, 1.82) is 0 Å².